The molecular weight excluding hydrogens is 770 g/mol. The van der Waals surface area contributed by atoms with Gasteiger partial charge < -0.3 is 20.1 Å². The number of likely N-dealkylation sites (N-methyl/N-ethyl adjacent to an activating group) is 1. The van der Waals surface area contributed by atoms with E-state index in [0.29, 0.717) is 42.1 Å². The molecule has 4 fully saturated rings. The number of hydrogen-bond acceptors (Lipinski definition) is 7. The van der Waals surface area contributed by atoms with Gasteiger partial charge in [-0.1, -0.05) is 91.8 Å². The first kappa shape index (κ1) is 47.5. The zero-order chi connectivity index (χ0) is 43.5. The first-order valence-corrected chi connectivity index (χ1v) is 22.1. The van der Waals surface area contributed by atoms with Gasteiger partial charge in [-0.2, -0.15) is 17.5 Å². The lowest BCUT2D eigenvalue weighted by Gasteiger charge is -2.62. The number of carboxylic acids is 1. The second-order valence-electron chi connectivity index (χ2n) is 19.2. The van der Waals surface area contributed by atoms with E-state index < -0.39 is 28.2 Å². The standard InChI is InChI=1S/C42H66N4O4S.C2HF3O2/c1-28(2)32-15-16-39(50-11)33(20-32)26-45(35(27-44(9)10)23-41(4,5)6)24-30-13-12-14-31(19-30)25-46-38(17-18-51(46,48)49)40(47)43-37-22-34-21-36(29(37)3)42(34,7)8;3-2(4,5)1(6)7/h12-16,19-20,28-29,34-38H,17-18,21-27H2,1-11H3,(H,43,47);(H,6,7)/t29-,34+,35-,36-,37-,38?;/m0./s1. The van der Waals surface area contributed by atoms with Crippen molar-refractivity contribution in [2.45, 2.75) is 131 Å². The van der Waals surface area contributed by atoms with Crippen LogP contribution in [-0.4, -0.2) is 97.3 Å². The van der Waals surface area contributed by atoms with Gasteiger partial charge in [0.2, 0.25) is 15.9 Å². The Balaban J connectivity index is 0.000000973. The van der Waals surface area contributed by atoms with Gasteiger partial charge in [-0.25, -0.2) is 13.2 Å². The molecule has 58 heavy (non-hydrogen) atoms. The summed E-state index contributed by atoms with van der Waals surface area (Å²) < 4.78 is 65.9. The molecule has 2 aromatic carbocycles. The van der Waals surface area contributed by atoms with Crippen molar-refractivity contribution in [1.29, 1.82) is 0 Å². The van der Waals surface area contributed by atoms with E-state index in [0.717, 1.165) is 42.8 Å². The van der Waals surface area contributed by atoms with Crippen molar-refractivity contribution >= 4 is 21.9 Å². The van der Waals surface area contributed by atoms with Crippen molar-refractivity contribution in [2.24, 2.45) is 28.6 Å². The summed E-state index contributed by atoms with van der Waals surface area (Å²) >= 11 is 0. The number of amides is 1. The number of carbonyl (C=O) groups is 2. The molecule has 326 valence electrons. The van der Waals surface area contributed by atoms with Crippen molar-refractivity contribution in [2.75, 3.05) is 33.5 Å². The molecule has 6 atom stereocenters. The van der Waals surface area contributed by atoms with Crippen LogP contribution in [0.15, 0.2) is 42.5 Å². The molecule has 0 spiro atoms. The van der Waals surface area contributed by atoms with E-state index in [4.69, 9.17) is 14.6 Å². The summed E-state index contributed by atoms with van der Waals surface area (Å²) in [4.78, 5) is 27.5. The molecule has 14 heteroatoms. The normalized spacial score (nSPS) is 24.5. The van der Waals surface area contributed by atoms with Gasteiger partial charge in [-0.3, -0.25) is 9.69 Å². The first-order chi connectivity index (χ1) is 26.7. The molecule has 3 saturated carbocycles. The van der Waals surface area contributed by atoms with Crippen LogP contribution < -0.4 is 10.1 Å². The lowest BCUT2D eigenvalue weighted by atomic mass is 9.45. The van der Waals surface area contributed by atoms with E-state index in [1.54, 1.807) is 7.11 Å². The molecule has 1 unspecified atom stereocenters. The van der Waals surface area contributed by atoms with Crippen molar-refractivity contribution in [3.63, 3.8) is 0 Å². The maximum atomic E-state index is 13.8. The largest absolute Gasteiger partial charge is 0.496 e. The van der Waals surface area contributed by atoms with Crippen molar-refractivity contribution in [1.82, 2.24) is 19.4 Å². The summed E-state index contributed by atoms with van der Waals surface area (Å²) in [6, 6.07) is 14.5. The number of fused-ring (bicyclic) bond motifs is 2. The fraction of sp³-hybridized carbons (Fsp3) is 0.682. The number of hydrogen-bond donors (Lipinski definition) is 2. The number of aliphatic carboxylic acids is 1. The number of sulfonamides is 1. The molecule has 1 saturated heterocycles. The number of alkyl halides is 3. The maximum absolute atomic E-state index is 13.8. The summed E-state index contributed by atoms with van der Waals surface area (Å²) in [6.45, 7) is 20.8. The van der Waals surface area contributed by atoms with Crippen molar-refractivity contribution < 1.29 is 41.0 Å². The topological polar surface area (TPSA) is 119 Å². The Morgan fingerprint density at radius 2 is 1.67 bits per heavy atom. The molecule has 2 bridgehead atoms. The molecule has 10 nitrogen and oxygen atoms in total. The number of benzene rings is 2. The Morgan fingerprint density at radius 3 is 2.21 bits per heavy atom. The van der Waals surface area contributed by atoms with E-state index in [1.807, 2.05) is 12.1 Å². The highest BCUT2D eigenvalue weighted by atomic mass is 32.2. The van der Waals surface area contributed by atoms with Gasteiger partial charge in [-0.15, -0.1) is 0 Å². The average molecular weight is 837 g/mol. The molecule has 1 aliphatic heterocycles. The summed E-state index contributed by atoms with van der Waals surface area (Å²) in [5.74, 6) is 0.0281. The predicted octanol–water partition coefficient (Wildman–Crippen LogP) is 7.91. The van der Waals surface area contributed by atoms with Crippen molar-refractivity contribution in [3.05, 3.63) is 64.7 Å². The summed E-state index contributed by atoms with van der Waals surface area (Å²) in [5, 5.41) is 10.4. The minimum Gasteiger partial charge on any atom is -0.496 e. The molecule has 6 rings (SSSR count). The van der Waals surface area contributed by atoms with Crippen LogP contribution in [-0.2, 0) is 39.2 Å². The van der Waals surface area contributed by atoms with E-state index in [2.05, 4.69) is 115 Å². The van der Waals surface area contributed by atoms with Crippen LogP contribution in [0.2, 0.25) is 0 Å². The number of ether oxygens (including phenoxy) is 1. The van der Waals surface area contributed by atoms with Gasteiger partial charge in [0.1, 0.15) is 11.8 Å². The number of halogens is 3. The summed E-state index contributed by atoms with van der Waals surface area (Å²) in [6.07, 6.45) is -1.52. The van der Waals surface area contributed by atoms with Crippen LogP contribution in [0.5, 0.6) is 5.75 Å². The zero-order valence-corrected chi connectivity index (χ0v) is 37.1. The summed E-state index contributed by atoms with van der Waals surface area (Å²) in [7, 11) is 2.46. The third kappa shape index (κ3) is 12.0. The van der Waals surface area contributed by atoms with E-state index in [9.17, 15) is 26.4 Å². The average Bonchev–Trinajstić information content (AvgIpc) is 3.40. The Kier molecular flexibility index (Phi) is 15.2. The quantitative estimate of drug-likeness (QED) is 0.197. The SMILES string of the molecule is COc1ccc(C(C)C)cc1CN(Cc1cccc(CN2C(C(=O)N[C@H]3C[C@H]4C[C@@H]([C@@H]3C)C4(C)C)CCS2(=O)=O)c1)[C@H](CN(C)C)CC(C)(C)C.O=C(O)C(F)(F)F. The molecule has 3 aliphatic carbocycles. The predicted molar refractivity (Wildman–Crippen MR) is 222 cm³/mol. The van der Waals surface area contributed by atoms with Crippen LogP contribution in [0.1, 0.15) is 109 Å². The fourth-order valence-corrected chi connectivity index (χ4v) is 11.0. The monoisotopic (exact) mass is 836 g/mol. The smallest absolute Gasteiger partial charge is 0.490 e. The van der Waals surface area contributed by atoms with Gasteiger partial charge in [0.15, 0.2) is 0 Å². The van der Waals surface area contributed by atoms with Gasteiger partial charge >= 0.3 is 12.1 Å². The molecule has 4 aliphatic rings. The van der Waals surface area contributed by atoms with Gasteiger partial charge in [0.05, 0.1) is 12.9 Å². The third-order valence-electron chi connectivity index (χ3n) is 12.6. The minimum absolute atomic E-state index is 0.00729. The molecule has 2 aromatic rings. The summed E-state index contributed by atoms with van der Waals surface area (Å²) in [5.41, 5.74) is 4.94. The third-order valence-corrected chi connectivity index (χ3v) is 14.4. The Labute approximate surface area is 344 Å². The highest BCUT2D eigenvalue weighted by Gasteiger charge is 2.57. The second kappa shape index (κ2) is 18.6. The molecule has 0 radical (unpaired) electrons. The zero-order valence-electron chi connectivity index (χ0n) is 36.3. The van der Waals surface area contributed by atoms with Crippen LogP contribution >= 0.6 is 0 Å². The van der Waals surface area contributed by atoms with E-state index >= 15 is 0 Å². The molecular formula is C44H67F3N4O6S. The molecule has 0 aromatic heterocycles. The number of rotatable bonds is 14. The van der Waals surface area contributed by atoms with Gasteiger partial charge in [0.25, 0.3) is 0 Å². The van der Waals surface area contributed by atoms with Crippen LogP contribution in [0.25, 0.3) is 0 Å². The van der Waals surface area contributed by atoms with Crippen molar-refractivity contribution in [3.8, 4) is 5.75 Å². The Hall–Kier alpha value is -3.20. The highest BCUT2D eigenvalue weighted by molar-refractivity contribution is 7.89. The van der Waals surface area contributed by atoms with Gasteiger partial charge in [0, 0.05) is 43.8 Å². The highest BCUT2D eigenvalue weighted by Crippen LogP contribution is 2.61. The number of methoxy groups -OCH3 is 1. The van der Waals surface area contributed by atoms with E-state index in [1.165, 1.54) is 21.9 Å². The maximum Gasteiger partial charge on any atom is 0.490 e. The van der Waals surface area contributed by atoms with Gasteiger partial charge in [-0.05, 0) is 97.0 Å². The fourth-order valence-electron chi connectivity index (χ4n) is 9.30. The van der Waals surface area contributed by atoms with E-state index in [-0.39, 0.29) is 35.7 Å². The number of carbonyl (C=O) groups excluding carboxylic acids is 1. The molecule has 1 amide bonds. The Morgan fingerprint density at radius 1 is 1.03 bits per heavy atom. The number of nitrogens with zero attached hydrogens (tertiary/aromatic N) is 3. The lowest BCUT2D eigenvalue weighted by molar-refractivity contribution is -0.192. The van der Waals surface area contributed by atoms with Crippen LogP contribution in [0.3, 0.4) is 0 Å². The molecule has 2 N–H and O–H groups in total. The second-order valence-corrected chi connectivity index (χ2v) is 21.2. The number of carboxylic acid groups (broad SMARTS) is 1. The Bertz CT molecular complexity index is 1840. The van der Waals surface area contributed by atoms with Crippen LogP contribution in [0, 0.1) is 28.6 Å². The number of nitrogens with one attached hydrogen (secondary N) is 1. The first-order valence-electron chi connectivity index (χ1n) is 20.5. The van der Waals surface area contributed by atoms with Crippen LogP contribution in [0.4, 0.5) is 13.2 Å². The minimum atomic E-state index is -5.08. The molecule has 1 heterocycles. The lowest BCUT2D eigenvalue weighted by Crippen LogP contribution is -2.61.